The molecule has 1 aromatic heterocycles. The van der Waals surface area contributed by atoms with E-state index in [1.807, 2.05) is 13.8 Å². The van der Waals surface area contributed by atoms with Crippen molar-refractivity contribution in [2.24, 2.45) is 5.41 Å². The van der Waals surface area contributed by atoms with E-state index in [4.69, 9.17) is 0 Å². The first-order valence-electron chi connectivity index (χ1n) is 7.38. The summed E-state index contributed by atoms with van der Waals surface area (Å²) in [5.74, 6) is 0. The lowest BCUT2D eigenvalue weighted by atomic mass is 9.75. The van der Waals surface area contributed by atoms with E-state index in [9.17, 15) is 18.3 Å². The zero-order valence-electron chi connectivity index (χ0n) is 12.9. The minimum absolute atomic E-state index is 0.0706. The van der Waals surface area contributed by atoms with Gasteiger partial charge in [-0.3, -0.25) is 0 Å². The van der Waals surface area contributed by atoms with Crippen LogP contribution in [0.1, 0.15) is 43.2 Å². The molecule has 1 aliphatic carbocycles. The Kier molecular flexibility index (Phi) is 3.67. The maximum atomic E-state index is 12.8. The fourth-order valence-electron chi connectivity index (χ4n) is 3.01. The maximum absolute atomic E-state index is 12.8. The van der Waals surface area contributed by atoms with E-state index >= 15 is 0 Å². The number of alkyl halides is 3. The zero-order chi connectivity index (χ0) is 16.8. The highest BCUT2D eigenvalue weighted by molar-refractivity contribution is 5.61. The highest BCUT2D eigenvalue weighted by Crippen LogP contribution is 2.40. The summed E-state index contributed by atoms with van der Waals surface area (Å²) in [6.45, 7) is 4.09. The van der Waals surface area contributed by atoms with Gasteiger partial charge in [0.1, 0.15) is 0 Å². The van der Waals surface area contributed by atoms with Gasteiger partial charge in [-0.15, -0.1) is 0 Å². The van der Waals surface area contributed by atoms with E-state index in [0.29, 0.717) is 35.4 Å². The molecule has 0 fully saturated rings. The highest BCUT2D eigenvalue weighted by Gasteiger charge is 2.33. The third kappa shape index (κ3) is 3.22. The van der Waals surface area contributed by atoms with Gasteiger partial charge in [0.2, 0.25) is 0 Å². The Morgan fingerprint density at radius 2 is 1.91 bits per heavy atom. The summed E-state index contributed by atoms with van der Waals surface area (Å²) < 4.78 is 38.5. The molecule has 3 nitrogen and oxygen atoms in total. The molecule has 6 heteroatoms. The number of rotatable bonds is 1. The number of hydrogen-bond donors (Lipinski definition) is 1. The topological polar surface area (TPSA) is 46.0 Å². The average molecular weight is 322 g/mol. The molecule has 0 amide bonds. The van der Waals surface area contributed by atoms with Crippen molar-refractivity contribution in [3.63, 3.8) is 0 Å². The van der Waals surface area contributed by atoms with Crippen LogP contribution >= 0.6 is 0 Å². The molecule has 122 valence electrons. The number of fused-ring (bicyclic) bond motifs is 1. The highest BCUT2D eigenvalue weighted by atomic mass is 19.4. The first-order valence-corrected chi connectivity index (χ1v) is 7.38. The number of nitrogens with zero attached hydrogens (tertiary/aromatic N) is 2. The SMILES string of the molecule is CC1(C)Cc2nnc(-c3cccc(C(F)(F)F)c3)cc2C(O)C1. The molecule has 1 N–H and O–H groups in total. The molecule has 0 bridgehead atoms. The minimum atomic E-state index is -4.40. The van der Waals surface area contributed by atoms with Crippen LogP contribution in [0.3, 0.4) is 0 Å². The van der Waals surface area contributed by atoms with Crippen LogP contribution in [0.5, 0.6) is 0 Å². The van der Waals surface area contributed by atoms with Crippen molar-refractivity contribution in [1.82, 2.24) is 10.2 Å². The summed E-state index contributed by atoms with van der Waals surface area (Å²) in [7, 11) is 0. The second-order valence-electron chi connectivity index (χ2n) is 6.77. The number of aliphatic hydroxyl groups is 1. The van der Waals surface area contributed by atoms with Crippen LogP contribution in [0.25, 0.3) is 11.3 Å². The quantitative estimate of drug-likeness (QED) is 0.857. The lowest BCUT2D eigenvalue weighted by molar-refractivity contribution is -0.137. The summed E-state index contributed by atoms with van der Waals surface area (Å²) in [5, 5.41) is 18.5. The molecule has 0 aliphatic heterocycles. The largest absolute Gasteiger partial charge is 0.416 e. The Morgan fingerprint density at radius 1 is 1.17 bits per heavy atom. The van der Waals surface area contributed by atoms with E-state index in [0.717, 1.165) is 12.1 Å². The Bertz CT molecular complexity index is 741. The van der Waals surface area contributed by atoms with E-state index in [1.54, 1.807) is 12.1 Å². The van der Waals surface area contributed by atoms with Crippen LogP contribution in [0.15, 0.2) is 30.3 Å². The van der Waals surface area contributed by atoms with Gasteiger partial charge in [-0.1, -0.05) is 26.0 Å². The summed E-state index contributed by atoms with van der Waals surface area (Å²) in [5.41, 5.74) is 1.26. The lowest BCUT2D eigenvalue weighted by Crippen LogP contribution is -2.27. The molecule has 23 heavy (non-hydrogen) atoms. The van der Waals surface area contributed by atoms with Crippen LogP contribution in [0.2, 0.25) is 0 Å². The number of aliphatic hydroxyl groups excluding tert-OH is 1. The van der Waals surface area contributed by atoms with Gasteiger partial charge in [-0.05, 0) is 36.5 Å². The summed E-state index contributed by atoms with van der Waals surface area (Å²) >= 11 is 0. The van der Waals surface area contributed by atoms with Crippen molar-refractivity contribution >= 4 is 0 Å². The number of hydrogen-bond acceptors (Lipinski definition) is 3. The number of aromatic nitrogens is 2. The molecule has 1 atom stereocenters. The monoisotopic (exact) mass is 322 g/mol. The lowest BCUT2D eigenvalue weighted by Gasteiger charge is -2.33. The zero-order valence-corrected chi connectivity index (χ0v) is 12.9. The molecule has 0 saturated heterocycles. The third-order valence-electron chi connectivity index (χ3n) is 4.14. The van der Waals surface area contributed by atoms with Crippen LogP contribution in [0.4, 0.5) is 13.2 Å². The molecule has 0 saturated carbocycles. The van der Waals surface area contributed by atoms with Crippen LogP contribution in [-0.2, 0) is 12.6 Å². The second-order valence-corrected chi connectivity index (χ2v) is 6.77. The van der Waals surface area contributed by atoms with Gasteiger partial charge in [-0.2, -0.15) is 23.4 Å². The van der Waals surface area contributed by atoms with Crippen molar-refractivity contribution in [3.8, 4) is 11.3 Å². The van der Waals surface area contributed by atoms with Gasteiger partial charge in [0.15, 0.2) is 0 Å². The van der Waals surface area contributed by atoms with Crippen LogP contribution in [-0.4, -0.2) is 15.3 Å². The predicted molar refractivity (Wildman–Crippen MR) is 79.5 cm³/mol. The predicted octanol–water partition coefficient (Wildman–Crippen LogP) is 4.17. The van der Waals surface area contributed by atoms with Crippen molar-refractivity contribution in [2.45, 2.75) is 39.0 Å². The smallest absolute Gasteiger partial charge is 0.388 e. The Balaban J connectivity index is 2.02. The van der Waals surface area contributed by atoms with E-state index < -0.39 is 17.8 Å². The first-order chi connectivity index (χ1) is 10.7. The third-order valence-corrected chi connectivity index (χ3v) is 4.14. The molecular formula is C17H17F3N2O. The molecular weight excluding hydrogens is 305 g/mol. The molecule has 3 rings (SSSR count). The minimum Gasteiger partial charge on any atom is -0.388 e. The molecule has 0 spiro atoms. The molecule has 0 radical (unpaired) electrons. The molecule has 2 aromatic rings. The van der Waals surface area contributed by atoms with E-state index in [1.165, 1.54) is 6.07 Å². The number of benzene rings is 1. The van der Waals surface area contributed by atoms with Crippen molar-refractivity contribution in [1.29, 1.82) is 0 Å². The van der Waals surface area contributed by atoms with Gasteiger partial charge in [-0.25, -0.2) is 0 Å². The van der Waals surface area contributed by atoms with Crippen LogP contribution < -0.4 is 0 Å². The summed E-state index contributed by atoms with van der Waals surface area (Å²) in [4.78, 5) is 0. The van der Waals surface area contributed by atoms with Gasteiger partial charge >= 0.3 is 6.18 Å². The van der Waals surface area contributed by atoms with Crippen molar-refractivity contribution in [3.05, 3.63) is 47.2 Å². The standard InChI is InChI=1S/C17H17F3N2O/c1-16(2)8-14-12(15(23)9-16)7-13(21-22-14)10-4-3-5-11(6-10)17(18,19)20/h3-7,15,23H,8-9H2,1-2H3. The van der Waals surface area contributed by atoms with Gasteiger partial charge in [0.05, 0.1) is 23.1 Å². The van der Waals surface area contributed by atoms with E-state index in [2.05, 4.69) is 10.2 Å². The normalized spacial score (nSPS) is 20.2. The average Bonchev–Trinajstić information content (AvgIpc) is 2.45. The first kappa shape index (κ1) is 15.9. The molecule has 1 aliphatic rings. The van der Waals surface area contributed by atoms with Crippen molar-refractivity contribution in [2.75, 3.05) is 0 Å². The van der Waals surface area contributed by atoms with Crippen molar-refractivity contribution < 1.29 is 18.3 Å². The Labute approximate surface area is 132 Å². The Morgan fingerprint density at radius 3 is 2.61 bits per heavy atom. The summed E-state index contributed by atoms with van der Waals surface area (Å²) in [6.07, 6.45) is -3.79. The fourth-order valence-corrected chi connectivity index (χ4v) is 3.01. The van der Waals surface area contributed by atoms with Gasteiger partial charge in [0.25, 0.3) is 0 Å². The van der Waals surface area contributed by atoms with E-state index in [-0.39, 0.29) is 5.41 Å². The Hall–Kier alpha value is -1.95. The number of halogens is 3. The maximum Gasteiger partial charge on any atom is 0.416 e. The summed E-state index contributed by atoms with van der Waals surface area (Å²) in [6, 6.07) is 6.63. The van der Waals surface area contributed by atoms with Gasteiger partial charge in [0, 0.05) is 11.1 Å². The fraction of sp³-hybridized carbons (Fsp3) is 0.412. The molecule has 1 aromatic carbocycles. The van der Waals surface area contributed by atoms with Crippen LogP contribution in [0, 0.1) is 5.41 Å². The molecule has 1 unspecified atom stereocenters. The molecule has 1 heterocycles. The van der Waals surface area contributed by atoms with Gasteiger partial charge < -0.3 is 5.11 Å². The second kappa shape index (κ2) is 5.30.